The van der Waals surface area contributed by atoms with E-state index in [2.05, 4.69) is 9.47 Å². The number of carbonyl (C=O) groups excluding carboxylic acids is 1. The molecule has 0 aromatic rings. The number of rotatable bonds is 4. The quantitative estimate of drug-likeness (QED) is 0.352. The van der Waals surface area contributed by atoms with Gasteiger partial charge in [0.1, 0.15) is 0 Å². The molecule has 0 unspecified atom stereocenters. The van der Waals surface area contributed by atoms with Crippen LogP contribution < -0.4 is 0 Å². The highest BCUT2D eigenvalue weighted by atomic mass is 16.8. The van der Waals surface area contributed by atoms with Gasteiger partial charge in [-0.25, -0.2) is 4.79 Å². The maximum absolute atomic E-state index is 10.4. The van der Waals surface area contributed by atoms with Crippen LogP contribution in [0, 0.1) is 5.92 Å². The van der Waals surface area contributed by atoms with E-state index in [1.807, 2.05) is 0 Å². The molecule has 0 aliphatic carbocycles. The molecule has 0 bridgehead atoms. The molecular weight excluding hydrogens is 164 g/mol. The minimum Gasteiger partial charge on any atom is -0.438 e. The monoisotopic (exact) mass is 176 g/mol. The van der Waals surface area contributed by atoms with Crippen molar-refractivity contribution in [1.29, 1.82) is 0 Å². The van der Waals surface area contributed by atoms with Crippen LogP contribution in [-0.4, -0.2) is 39.9 Å². The van der Waals surface area contributed by atoms with Gasteiger partial charge in [-0.1, -0.05) is 0 Å². The summed E-state index contributed by atoms with van der Waals surface area (Å²) >= 11 is 0. The lowest BCUT2D eigenvalue weighted by Gasteiger charge is -2.25. The van der Waals surface area contributed by atoms with Crippen LogP contribution in [0.3, 0.4) is 0 Å². The standard InChI is InChI=1S/C7H12O5/c1-9-7(8)12-5-11-4-6-2-10-3-6/h6H,2-5H2,1H3. The van der Waals surface area contributed by atoms with Gasteiger partial charge in [-0.3, -0.25) is 0 Å². The van der Waals surface area contributed by atoms with Crippen molar-refractivity contribution in [3.05, 3.63) is 0 Å². The largest absolute Gasteiger partial charge is 0.510 e. The number of hydrogen-bond donors (Lipinski definition) is 0. The molecule has 1 aliphatic heterocycles. The molecular formula is C7H12O5. The molecule has 1 saturated heterocycles. The average Bonchev–Trinajstić information content (AvgIpc) is 2.00. The molecule has 0 aromatic heterocycles. The predicted octanol–water partition coefficient (Wildman–Crippen LogP) is 0.390. The topological polar surface area (TPSA) is 54.0 Å². The lowest BCUT2D eigenvalue weighted by atomic mass is 10.1. The fourth-order valence-corrected chi connectivity index (χ4v) is 0.744. The van der Waals surface area contributed by atoms with Crippen molar-refractivity contribution in [3.63, 3.8) is 0 Å². The Morgan fingerprint density at radius 1 is 1.58 bits per heavy atom. The maximum Gasteiger partial charge on any atom is 0.510 e. The minimum atomic E-state index is -0.722. The second kappa shape index (κ2) is 4.95. The number of hydrogen-bond acceptors (Lipinski definition) is 5. The van der Waals surface area contributed by atoms with Gasteiger partial charge in [0.05, 0.1) is 26.9 Å². The van der Waals surface area contributed by atoms with Crippen LogP contribution in [-0.2, 0) is 18.9 Å². The van der Waals surface area contributed by atoms with Gasteiger partial charge in [-0.05, 0) is 0 Å². The lowest BCUT2D eigenvalue weighted by Crippen LogP contribution is -2.32. The van der Waals surface area contributed by atoms with Gasteiger partial charge < -0.3 is 18.9 Å². The average molecular weight is 176 g/mol. The molecule has 0 saturated carbocycles. The van der Waals surface area contributed by atoms with Crippen molar-refractivity contribution in [2.45, 2.75) is 0 Å². The SMILES string of the molecule is COC(=O)OCOCC1COC1. The zero-order valence-electron chi connectivity index (χ0n) is 6.95. The zero-order valence-corrected chi connectivity index (χ0v) is 6.95. The Bertz CT molecular complexity index is 143. The Balaban J connectivity index is 1.85. The lowest BCUT2D eigenvalue weighted by molar-refractivity contribution is -0.105. The fraction of sp³-hybridized carbons (Fsp3) is 0.857. The van der Waals surface area contributed by atoms with E-state index in [4.69, 9.17) is 9.47 Å². The van der Waals surface area contributed by atoms with Crippen molar-refractivity contribution < 1.29 is 23.7 Å². The second-order valence-corrected chi connectivity index (χ2v) is 2.49. The van der Waals surface area contributed by atoms with E-state index in [9.17, 15) is 4.79 Å². The minimum absolute atomic E-state index is 0.0524. The summed E-state index contributed by atoms with van der Waals surface area (Å²) in [5, 5.41) is 0. The molecule has 0 radical (unpaired) electrons. The number of ether oxygens (including phenoxy) is 4. The first-order valence-corrected chi connectivity index (χ1v) is 3.69. The molecule has 5 heteroatoms. The van der Waals surface area contributed by atoms with Crippen LogP contribution in [0.25, 0.3) is 0 Å². The van der Waals surface area contributed by atoms with Crippen LogP contribution >= 0.6 is 0 Å². The van der Waals surface area contributed by atoms with E-state index >= 15 is 0 Å². The highest BCUT2D eigenvalue weighted by molar-refractivity contribution is 5.59. The summed E-state index contributed by atoms with van der Waals surface area (Å²) < 4.78 is 18.6. The van der Waals surface area contributed by atoms with E-state index in [1.165, 1.54) is 7.11 Å². The summed E-state index contributed by atoms with van der Waals surface area (Å²) in [7, 11) is 1.25. The summed E-state index contributed by atoms with van der Waals surface area (Å²) in [5.74, 6) is 0.450. The van der Waals surface area contributed by atoms with Crippen molar-refractivity contribution in [3.8, 4) is 0 Å². The van der Waals surface area contributed by atoms with Gasteiger partial charge in [0.2, 0.25) is 0 Å². The first-order valence-electron chi connectivity index (χ1n) is 3.69. The second-order valence-electron chi connectivity index (χ2n) is 2.49. The van der Waals surface area contributed by atoms with Crippen LogP contribution in [0.2, 0.25) is 0 Å². The Labute approximate surface area is 70.5 Å². The summed E-state index contributed by atoms with van der Waals surface area (Å²) in [6.07, 6.45) is -0.722. The van der Waals surface area contributed by atoms with E-state index < -0.39 is 6.16 Å². The molecule has 1 aliphatic rings. The van der Waals surface area contributed by atoms with Crippen molar-refractivity contribution in [2.24, 2.45) is 5.92 Å². The summed E-state index contributed by atoms with van der Waals surface area (Å²) in [5.41, 5.74) is 0. The predicted molar refractivity (Wildman–Crippen MR) is 38.6 cm³/mol. The first kappa shape index (κ1) is 9.28. The molecule has 0 aromatic carbocycles. The van der Waals surface area contributed by atoms with Gasteiger partial charge in [0.25, 0.3) is 0 Å². The maximum atomic E-state index is 10.4. The van der Waals surface area contributed by atoms with Crippen LogP contribution in [0.15, 0.2) is 0 Å². The fourth-order valence-electron chi connectivity index (χ4n) is 0.744. The van der Waals surface area contributed by atoms with Crippen LogP contribution in [0.1, 0.15) is 0 Å². The summed E-state index contributed by atoms with van der Waals surface area (Å²) in [6, 6.07) is 0. The van der Waals surface area contributed by atoms with Crippen LogP contribution in [0.4, 0.5) is 4.79 Å². The van der Waals surface area contributed by atoms with E-state index in [0.717, 1.165) is 13.2 Å². The molecule has 70 valence electrons. The van der Waals surface area contributed by atoms with E-state index in [-0.39, 0.29) is 6.79 Å². The molecule has 1 rings (SSSR count). The third-order valence-corrected chi connectivity index (χ3v) is 1.49. The molecule has 0 amide bonds. The van der Waals surface area contributed by atoms with Crippen molar-refractivity contribution >= 4 is 6.16 Å². The number of methoxy groups -OCH3 is 1. The third kappa shape index (κ3) is 3.06. The van der Waals surface area contributed by atoms with Crippen molar-refractivity contribution in [2.75, 3.05) is 33.7 Å². The molecule has 5 nitrogen and oxygen atoms in total. The number of carbonyl (C=O) groups is 1. The summed E-state index contributed by atoms with van der Waals surface area (Å²) in [4.78, 5) is 10.4. The molecule has 0 spiro atoms. The first-order chi connectivity index (χ1) is 5.83. The Kier molecular flexibility index (Phi) is 3.83. The smallest absolute Gasteiger partial charge is 0.438 e. The van der Waals surface area contributed by atoms with Gasteiger partial charge in [-0.2, -0.15) is 0 Å². The van der Waals surface area contributed by atoms with E-state index in [1.54, 1.807) is 0 Å². The van der Waals surface area contributed by atoms with Gasteiger partial charge >= 0.3 is 6.16 Å². The van der Waals surface area contributed by atoms with E-state index in [0.29, 0.717) is 12.5 Å². The van der Waals surface area contributed by atoms with Crippen molar-refractivity contribution in [1.82, 2.24) is 0 Å². The normalized spacial score (nSPS) is 16.8. The summed E-state index contributed by atoms with van der Waals surface area (Å²) in [6.45, 7) is 1.98. The van der Waals surface area contributed by atoms with Crippen LogP contribution in [0.5, 0.6) is 0 Å². The molecule has 0 N–H and O–H groups in total. The molecule has 12 heavy (non-hydrogen) atoms. The Hall–Kier alpha value is -0.810. The molecule has 0 atom stereocenters. The third-order valence-electron chi connectivity index (χ3n) is 1.49. The zero-order chi connectivity index (χ0) is 8.81. The Morgan fingerprint density at radius 2 is 2.33 bits per heavy atom. The molecule has 1 fully saturated rings. The van der Waals surface area contributed by atoms with Gasteiger partial charge in [-0.15, -0.1) is 0 Å². The van der Waals surface area contributed by atoms with Gasteiger partial charge in [0, 0.05) is 5.92 Å². The highest BCUT2D eigenvalue weighted by Crippen LogP contribution is 2.09. The highest BCUT2D eigenvalue weighted by Gasteiger charge is 2.18. The van der Waals surface area contributed by atoms with Gasteiger partial charge in [0.15, 0.2) is 6.79 Å². The molecule has 1 heterocycles. The Morgan fingerprint density at radius 3 is 2.83 bits per heavy atom.